The first-order valence-corrected chi connectivity index (χ1v) is 8.24. The molecule has 1 fully saturated rings. The average Bonchev–Trinajstić information content (AvgIpc) is 2.47. The molecule has 0 aromatic heterocycles. The van der Waals surface area contributed by atoms with Crippen LogP contribution < -0.4 is 4.90 Å². The van der Waals surface area contributed by atoms with Crippen molar-refractivity contribution >= 4 is 17.4 Å². The van der Waals surface area contributed by atoms with Gasteiger partial charge in [-0.1, -0.05) is 13.0 Å². The first kappa shape index (κ1) is 15.2. The minimum atomic E-state index is -0.227. The number of nitrogens with zero attached hydrogens (tertiary/aromatic N) is 2. The fourth-order valence-electron chi connectivity index (χ4n) is 2.79. The Hall–Kier alpha value is -1.18. The van der Waals surface area contributed by atoms with Gasteiger partial charge in [-0.05, 0) is 43.6 Å². The first-order valence-electron chi connectivity index (χ1n) is 7.26. The second-order valence-corrected chi connectivity index (χ2v) is 6.57. The molecule has 1 aromatic rings. The lowest BCUT2D eigenvalue weighted by Gasteiger charge is -2.35. The number of piperidine rings is 1. The zero-order valence-corrected chi connectivity index (χ0v) is 13.0. The van der Waals surface area contributed by atoms with Crippen molar-refractivity contribution < 1.29 is 5.11 Å². The van der Waals surface area contributed by atoms with E-state index in [2.05, 4.69) is 17.9 Å². The van der Waals surface area contributed by atoms with Crippen LogP contribution in [0, 0.1) is 17.2 Å². The monoisotopic (exact) mass is 290 g/mol. The molecule has 1 heterocycles. The quantitative estimate of drug-likeness (QED) is 0.865. The summed E-state index contributed by atoms with van der Waals surface area (Å²) in [6, 6.07) is 8.47. The Morgan fingerprint density at radius 3 is 2.70 bits per heavy atom. The van der Waals surface area contributed by atoms with Gasteiger partial charge < -0.3 is 10.0 Å². The van der Waals surface area contributed by atoms with Gasteiger partial charge in [0.1, 0.15) is 6.07 Å². The Morgan fingerprint density at radius 2 is 2.15 bits per heavy atom. The molecule has 1 saturated heterocycles. The van der Waals surface area contributed by atoms with Crippen molar-refractivity contribution in [2.24, 2.45) is 5.92 Å². The summed E-state index contributed by atoms with van der Waals surface area (Å²) in [6.45, 7) is 5.82. The van der Waals surface area contributed by atoms with Gasteiger partial charge in [0.25, 0.3) is 0 Å². The van der Waals surface area contributed by atoms with Crippen LogP contribution in [0.15, 0.2) is 23.1 Å². The van der Waals surface area contributed by atoms with Crippen LogP contribution in [-0.2, 0) is 0 Å². The third-order valence-electron chi connectivity index (χ3n) is 3.98. The van der Waals surface area contributed by atoms with Gasteiger partial charge in [-0.25, -0.2) is 0 Å². The minimum Gasteiger partial charge on any atom is -0.393 e. The van der Waals surface area contributed by atoms with Crippen molar-refractivity contribution in [2.75, 3.05) is 23.7 Å². The van der Waals surface area contributed by atoms with Crippen LogP contribution in [0.1, 0.15) is 32.3 Å². The van der Waals surface area contributed by atoms with Gasteiger partial charge >= 0.3 is 0 Å². The van der Waals surface area contributed by atoms with Crippen molar-refractivity contribution in [3.8, 4) is 6.07 Å². The Morgan fingerprint density at radius 1 is 1.45 bits per heavy atom. The smallest absolute Gasteiger partial charge is 0.103 e. The minimum absolute atomic E-state index is 0.227. The van der Waals surface area contributed by atoms with Gasteiger partial charge in [0.2, 0.25) is 0 Å². The molecule has 1 atom stereocenters. The zero-order valence-electron chi connectivity index (χ0n) is 12.2. The van der Waals surface area contributed by atoms with Gasteiger partial charge in [0.15, 0.2) is 0 Å². The van der Waals surface area contributed by atoms with E-state index in [0.717, 1.165) is 47.8 Å². The SMILES string of the molecule is CCSc1cccc(N2CCC(C(C)O)CC2)c1C#N. The van der Waals surface area contributed by atoms with Gasteiger partial charge in [-0.15, -0.1) is 11.8 Å². The third kappa shape index (κ3) is 3.28. The normalized spacial score (nSPS) is 17.8. The molecule has 1 aliphatic rings. The highest BCUT2D eigenvalue weighted by Crippen LogP contribution is 2.33. The van der Waals surface area contributed by atoms with E-state index in [1.54, 1.807) is 11.8 Å². The second kappa shape index (κ2) is 7.01. The summed E-state index contributed by atoms with van der Waals surface area (Å²) in [7, 11) is 0. The fraction of sp³-hybridized carbons (Fsp3) is 0.562. The molecule has 0 amide bonds. The molecule has 1 aliphatic heterocycles. The number of aliphatic hydroxyl groups is 1. The number of nitriles is 1. The molecule has 1 unspecified atom stereocenters. The standard InChI is InChI=1S/C16H22N2OS/c1-3-20-16-6-4-5-15(14(16)11-17)18-9-7-13(8-10-18)12(2)19/h4-6,12-13,19H,3,7-10H2,1-2H3. The largest absolute Gasteiger partial charge is 0.393 e. The van der Waals surface area contributed by atoms with Gasteiger partial charge in [-0.2, -0.15) is 5.26 Å². The molecular weight excluding hydrogens is 268 g/mol. The third-order valence-corrected chi connectivity index (χ3v) is 4.92. The number of aliphatic hydroxyl groups excluding tert-OH is 1. The van der Waals surface area contributed by atoms with Crippen LogP contribution in [0.5, 0.6) is 0 Å². The molecule has 0 radical (unpaired) electrons. The number of hydrogen-bond donors (Lipinski definition) is 1. The fourth-order valence-corrected chi connectivity index (χ4v) is 3.57. The molecule has 3 nitrogen and oxygen atoms in total. The van der Waals surface area contributed by atoms with Crippen molar-refractivity contribution in [1.82, 2.24) is 0 Å². The molecule has 108 valence electrons. The topological polar surface area (TPSA) is 47.3 Å². The zero-order chi connectivity index (χ0) is 14.5. The first-order chi connectivity index (χ1) is 9.67. The summed E-state index contributed by atoms with van der Waals surface area (Å²) in [5.74, 6) is 1.37. The number of rotatable bonds is 4. The molecule has 1 aromatic carbocycles. The van der Waals surface area contributed by atoms with E-state index in [1.807, 2.05) is 25.1 Å². The number of anilines is 1. The highest BCUT2D eigenvalue weighted by Gasteiger charge is 2.24. The van der Waals surface area contributed by atoms with Gasteiger partial charge in [0, 0.05) is 18.0 Å². The van der Waals surface area contributed by atoms with Crippen molar-refractivity contribution in [2.45, 2.75) is 37.7 Å². The molecular formula is C16H22N2OS. The number of hydrogen-bond acceptors (Lipinski definition) is 4. The van der Waals surface area contributed by atoms with Crippen LogP contribution in [0.4, 0.5) is 5.69 Å². The second-order valence-electron chi connectivity index (χ2n) is 5.26. The predicted molar refractivity (Wildman–Crippen MR) is 84.2 cm³/mol. The van der Waals surface area contributed by atoms with Gasteiger partial charge in [0.05, 0.1) is 17.4 Å². The van der Waals surface area contributed by atoms with E-state index in [4.69, 9.17) is 0 Å². The predicted octanol–water partition coefficient (Wildman–Crippen LogP) is 3.27. The van der Waals surface area contributed by atoms with Crippen molar-refractivity contribution in [3.05, 3.63) is 23.8 Å². The molecule has 20 heavy (non-hydrogen) atoms. The molecule has 0 bridgehead atoms. The number of benzene rings is 1. The maximum Gasteiger partial charge on any atom is 0.103 e. The lowest BCUT2D eigenvalue weighted by atomic mass is 9.91. The van der Waals surface area contributed by atoms with Crippen LogP contribution >= 0.6 is 11.8 Å². The summed E-state index contributed by atoms with van der Waals surface area (Å²) < 4.78 is 0. The summed E-state index contributed by atoms with van der Waals surface area (Å²) in [6.07, 6.45) is 1.76. The summed E-state index contributed by atoms with van der Waals surface area (Å²) in [5, 5.41) is 19.1. The number of thioether (sulfide) groups is 1. The van der Waals surface area contributed by atoms with E-state index >= 15 is 0 Å². The van der Waals surface area contributed by atoms with Crippen molar-refractivity contribution in [1.29, 1.82) is 5.26 Å². The van der Waals surface area contributed by atoms with Crippen LogP contribution in [0.25, 0.3) is 0 Å². The molecule has 0 spiro atoms. The van der Waals surface area contributed by atoms with Crippen LogP contribution in [0.3, 0.4) is 0 Å². The van der Waals surface area contributed by atoms with E-state index in [0.29, 0.717) is 5.92 Å². The van der Waals surface area contributed by atoms with Crippen molar-refractivity contribution in [3.63, 3.8) is 0 Å². The Labute approximate surface area is 125 Å². The van der Waals surface area contributed by atoms with E-state index in [1.165, 1.54) is 0 Å². The maximum absolute atomic E-state index is 9.67. The maximum atomic E-state index is 9.67. The Bertz CT molecular complexity index is 488. The summed E-state index contributed by atoms with van der Waals surface area (Å²) >= 11 is 1.72. The highest BCUT2D eigenvalue weighted by molar-refractivity contribution is 7.99. The lowest BCUT2D eigenvalue weighted by Crippen LogP contribution is -2.37. The lowest BCUT2D eigenvalue weighted by molar-refractivity contribution is 0.110. The van der Waals surface area contributed by atoms with Crippen LogP contribution in [0.2, 0.25) is 0 Å². The molecule has 0 aliphatic carbocycles. The molecule has 2 rings (SSSR count). The summed E-state index contributed by atoms with van der Waals surface area (Å²) in [4.78, 5) is 3.36. The molecule has 4 heteroatoms. The van der Waals surface area contributed by atoms with Gasteiger partial charge in [-0.3, -0.25) is 0 Å². The summed E-state index contributed by atoms with van der Waals surface area (Å²) in [5.41, 5.74) is 1.85. The van der Waals surface area contributed by atoms with E-state index < -0.39 is 0 Å². The highest BCUT2D eigenvalue weighted by atomic mass is 32.2. The van der Waals surface area contributed by atoms with E-state index in [-0.39, 0.29) is 6.10 Å². The van der Waals surface area contributed by atoms with Crippen LogP contribution in [-0.4, -0.2) is 30.1 Å². The molecule has 0 saturated carbocycles. The average molecular weight is 290 g/mol. The Kier molecular flexibility index (Phi) is 5.33. The molecule has 1 N–H and O–H groups in total. The van der Waals surface area contributed by atoms with E-state index in [9.17, 15) is 10.4 Å². The Balaban J connectivity index is 2.18.